The number of rotatable bonds is 3. The van der Waals surface area contributed by atoms with Gasteiger partial charge in [-0.1, -0.05) is 6.92 Å². The molecule has 0 atom stereocenters. The normalized spacial score (nSPS) is 13.2. The first-order valence-electron chi connectivity index (χ1n) is 4.05. The van der Waals surface area contributed by atoms with Gasteiger partial charge in [0.25, 0.3) is 10.2 Å². The Morgan fingerprint density at radius 2 is 1.92 bits per heavy atom. The molecular formula is C7H18N3O2+. The van der Waals surface area contributed by atoms with Gasteiger partial charge in [-0.15, -0.1) is 5.01 Å². The molecule has 0 aromatic rings. The lowest BCUT2D eigenvalue weighted by Gasteiger charge is -2.25. The maximum atomic E-state index is 9.13. The highest BCUT2D eigenvalue weighted by molar-refractivity contribution is 4.67. The van der Waals surface area contributed by atoms with E-state index in [9.17, 15) is 0 Å². The summed E-state index contributed by atoms with van der Waals surface area (Å²) >= 11 is 0. The van der Waals surface area contributed by atoms with Gasteiger partial charge in [0.1, 0.15) is 0 Å². The molecule has 0 aromatic heterocycles. The first-order chi connectivity index (χ1) is 5.43. The van der Waals surface area contributed by atoms with Crippen molar-refractivity contribution >= 4 is 0 Å². The molecule has 0 saturated heterocycles. The fourth-order valence-corrected chi connectivity index (χ4v) is 0.953. The zero-order valence-corrected chi connectivity index (χ0v) is 8.15. The van der Waals surface area contributed by atoms with Crippen molar-refractivity contribution in [3.05, 3.63) is 0 Å². The third kappa shape index (κ3) is 2.94. The maximum absolute atomic E-state index is 9.13. The van der Waals surface area contributed by atoms with Crippen LogP contribution in [0.3, 0.4) is 0 Å². The van der Waals surface area contributed by atoms with Crippen molar-refractivity contribution in [3.63, 3.8) is 0 Å². The third-order valence-electron chi connectivity index (χ3n) is 1.51. The second-order valence-corrected chi connectivity index (χ2v) is 3.65. The minimum Gasteiger partial charge on any atom is -0.357 e. The van der Waals surface area contributed by atoms with E-state index >= 15 is 0 Å². The van der Waals surface area contributed by atoms with Crippen LogP contribution in [-0.2, 0) is 0 Å². The van der Waals surface area contributed by atoms with Gasteiger partial charge in [0.15, 0.2) is 0 Å². The van der Waals surface area contributed by atoms with Gasteiger partial charge < -0.3 is 5.21 Å². The van der Waals surface area contributed by atoms with Gasteiger partial charge in [0.05, 0.1) is 12.1 Å². The summed E-state index contributed by atoms with van der Waals surface area (Å²) in [5, 5.41) is 21.7. The van der Waals surface area contributed by atoms with Crippen molar-refractivity contribution in [2.75, 3.05) is 6.54 Å². The fourth-order valence-electron chi connectivity index (χ4n) is 0.953. The molecule has 0 bridgehead atoms. The highest BCUT2D eigenvalue weighted by atomic mass is 16.6. The van der Waals surface area contributed by atoms with Crippen LogP contribution in [0.15, 0.2) is 5.28 Å². The molecule has 0 unspecified atom stereocenters. The predicted octanol–water partition coefficient (Wildman–Crippen LogP) is 1.66. The maximum Gasteiger partial charge on any atom is 0.271 e. The van der Waals surface area contributed by atoms with Crippen molar-refractivity contribution in [1.82, 2.24) is 5.01 Å². The van der Waals surface area contributed by atoms with Crippen LogP contribution in [0.2, 0.25) is 0 Å². The largest absolute Gasteiger partial charge is 0.357 e. The Morgan fingerprint density at radius 3 is 2.17 bits per heavy atom. The Morgan fingerprint density at radius 1 is 1.42 bits per heavy atom. The van der Waals surface area contributed by atoms with Crippen LogP contribution in [0.5, 0.6) is 0 Å². The lowest BCUT2D eigenvalue weighted by atomic mass is 10.1. The molecule has 0 amide bonds. The smallest absolute Gasteiger partial charge is 0.271 e. The van der Waals surface area contributed by atoms with E-state index in [-0.39, 0.29) is 5.54 Å². The molecule has 0 rings (SSSR count). The predicted molar refractivity (Wildman–Crippen MR) is 43.0 cm³/mol. The first-order valence-corrected chi connectivity index (χ1v) is 4.05. The standard InChI is InChI=1S/C7H17N3O2/c1-5-6-9(7(2,3)4)10(12)8-11/h12H,5-6H2,1-4H3/p+1. The summed E-state index contributed by atoms with van der Waals surface area (Å²) in [6.45, 7) is 8.42. The lowest BCUT2D eigenvalue weighted by molar-refractivity contribution is -0.948. The molecule has 0 fully saturated rings. The van der Waals surface area contributed by atoms with E-state index in [1.54, 1.807) is 5.01 Å². The van der Waals surface area contributed by atoms with Gasteiger partial charge in [-0.25, -0.2) is 5.21 Å². The molecule has 0 radical (unpaired) electrons. The molecule has 0 saturated carbocycles. The molecule has 5 heteroatoms. The van der Waals surface area contributed by atoms with Gasteiger partial charge in [-0.2, -0.15) is 0 Å². The molecular weight excluding hydrogens is 158 g/mol. The van der Waals surface area contributed by atoms with Crippen LogP contribution in [0, 0.1) is 0 Å². The molecule has 72 valence electrons. The Kier molecular flexibility index (Phi) is 3.79. The van der Waals surface area contributed by atoms with Crippen LogP contribution in [-0.4, -0.2) is 32.5 Å². The summed E-state index contributed by atoms with van der Waals surface area (Å²) in [4.78, 5) is 0.476. The van der Waals surface area contributed by atoms with Crippen molar-refractivity contribution in [1.29, 1.82) is 0 Å². The Balaban J connectivity index is 4.44. The van der Waals surface area contributed by atoms with Crippen molar-refractivity contribution in [2.24, 2.45) is 5.28 Å². The van der Waals surface area contributed by atoms with E-state index in [1.165, 1.54) is 0 Å². The Hall–Kier alpha value is -1.00. The molecule has 0 aromatic carbocycles. The quantitative estimate of drug-likeness (QED) is 0.390. The number of hydrazine groups is 1. The highest BCUT2D eigenvalue weighted by Gasteiger charge is 2.31. The Labute approximate surface area is 72.8 Å². The van der Waals surface area contributed by atoms with Crippen LogP contribution < -0.4 is 0 Å². The van der Waals surface area contributed by atoms with E-state index in [4.69, 9.17) is 10.4 Å². The van der Waals surface area contributed by atoms with Crippen molar-refractivity contribution < 1.29 is 15.4 Å². The van der Waals surface area contributed by atoms with Gasteiger partial charge >= 0.3 is 0 Å². The van der Waals surface area contributed by atoms with E-state index < -0.39 is 0 Å². The number of hydrogen-bond donors (Lipinski definition) is 2. The summed E-state index contributed by atoms with van der Waals surface area (Å²) in [7, 11) is 0. The van der Waals surface area contributed by atoms with E-state index in [0.717, 1.165) is 6.42 Å². The van der Waals surface area contributed by atoms with Crippen molar-refractivity contribution in [3.8, 4) is 0 Å². The van der Waals surface area contributed by atoms with Gasteiger partial charge in [-0.05, 0) is 27.2 Å². The molecule has 0 aliphatic heterocycles. The van der Waals surface area contributed by atoms with Gasteiger partial charge in [0, 0.05) is 0 Å². The van der Waals surface area contributed by atoms with Crippen LogP contribution in [0.1, 0.15) is 34.1 Å². The second kappa shape index (κ2) is 4.13. The SMILES string of the molecule is CCCN([N+](O)=NO)C(C)(C)C. The summed E-state index contributed by atoms with van der Waals surface area (Å²) < 4.78 is 0. The van der Waals surface area contributed by atoms with Gasteiger partial charge in [-0.3, -0.25) is 0 Å². The second-order valence-electron chi connectivity index (χ2n) is 3.65. The number of nitrogens with zero attached hydrogens (tertiary/aromatic N) is 3. The summed E-state index contributed by atoms with van der Waals surface area (Å²) in [6.07, 6.45) is 0.879. The van der Waals surface area contributed by atoms with Crippen LogP contribution >= 0.6 is 0 Å². The van der Waals surface area contributed by atoms with Crippen molar-refractivity contribution in [2.45, 2.75) is 39.7 Å². The van der Waals surface area contributed by atoms with E-state index in [2.05, 4.69) is 5.28 Å². The molecule has 0 aliphatic carbocycles. The average molecular weight is 176 g/mol. The monoisotopic (exact) mass is 176 g/mol. The zero-order chi connectivity index (χ0) is 9.78. The lowest BCUT2D eigenvalue weighted by Crippen LogP contribution is -2.46. The molecule has 2 N–H and O–H groups in total. The Bertz CT molecular complexity index is 163. The van der Waals surface area contributed by atoms with E-state index in [1.807, 2.05) is 27.7 Å². The molecule has 0 aliphatic rings. The van der Waals surface area contributed by atoms with Gasteiger partial charge in [0.2, 0.25) is 0 Å². The van der Waals surface area contributed by atoms with E-state index in [0.29, 0.717) is 11.5 Å². The molecule has 5 nitrogen and oxygen atoms in total. The summed E-state index contributed by atoms with van der Waals surface area (Å²) in [5.41, 5.74) is -0.253. The first kappa shape index (κ1) is 11.0. The molecule has 0 heterocycles. The summed E-state index contributed by atoms with van der Waals surface area (Å²) in [5.74, 6) is 0. The third-order valence-corrected chi connectivity index (χ3v) is 1.51. The fraction of sp³-hybridized carbons (Fsp3) is 1.00. The van der Waals surface area contributed by atoms with Crippen LogP contribution in [0.25, 0.3) is 0 Å². The average Bonchev–Trinajstić information content (AvgIpc) is 1.96. The van der Waals surface area contributed by atoms with Crippen LogP contribution in [0.4, 0.5) is 0 Å². The topological polar surface area (TPSA) is 59.1 Å². The molecule has 12 heavy (non-hydrogen) atoms. The summed E-state index contributed by atoms with van der Waals surface area (Å²) in [6, 6.07) is 0. The minimum absolute atomic E-state index is 0.253. The molecule has 0 spiro atoms. The zero-order valence-electron chi connectivity index (χ0n) is 8.15. The number of hydrogen-bond acceptors (Lipinski definition) is 1. The highest BCUT2D eigenvalue weighted by Crippen LogP contribution is 2.12. The minimum atomic E-state index is -0.253.